The number of urea groups is 1. The van der Waals surface area contributed by atoms with Crippen LogP contribution in [0.1, 0.15) is 0 Å². The van der Waals surface area contributed by atoms with Gasteiger partial charge in [0.1, 0.15) is 22.4 Å². The summed E-state index contributed by atoms with van der Waals surface area (Å²) in [4.78, 5) is 12.4. The molecule has 0 aromatic heterocycles. The Morgan fingerprint density at radius 3 is 1.43 bits per heavy atom. The first kappa shape index (κ1) is 32.0. The number of rotatable bonds is 10. The number of methoxy groups -OCH3 is 2. The summed E-state index contributed by atoms with van der Waals surface area (Å²) in [6.45, 7) is 0. The largest absolute Gasteiger partial charge is 0.494 e. The van der Waals surface area contributed by atoms with Gasteiger partial charge in [0, 0.05) is 12.1 Å². The van der Waals surface area contributed by atoms with Gasteiger partial charge in [-0.1, -0.05) is 12.1 Å². The zero-order chi connectivity index (χ0) is 31.9. The number of carbonyl (C=O) groups excluding carboxylic acids is 1. The van der Waals surface area contributed by atoms with Crippen molar-refractivity contribution >= 4 is 61.1 Å². The summed E-state index contributed by atoms with van der Waals surface area (Å²) >= 11 is 0. The van der Waals surface area contributed by atoms with Crippen LogP contribution in [0.4, 0.5) is 38.9 Å². The van der Waals surface area contributed by atoms with Crippen molar-refractivity contribution in [2.45, 2.75) is 9.79 Å². The molecule has 0 unspecified atom stereocenters. The van der Waals surface area contributed by atoms with Crippen molar-refractivity contribution in [2.75, 3.05) is 24.9 Å². The minimum Gasteiger partial charge on any atom is -0.494 e. The Hall–Kier alpha value is -4.91. The molecule has 230 valence electrons. The van der Waals surface area contributed by atoms with Crippen molar-refractivity contribution in [2.24, 2.45) is 20.5 Å². The van der Waals surface area contributed by atoms with Crippen molar-refractivity contribution in [3.63, 3.8) is 0 Å². The van der Waals surface area contributed by atoms with Gasteiger partial charge in [-0.2, -0.15) is 28.9 Å². The van der Waals surface area contributed by atoms with E-state index in [9.17, 15) is 31.4 Å². The van der Waals surface area contributed by atoms with Crippen molar-refractivity contribution in [3.8, 4) is 11.5 Å². The molecule has 17 heteroatoms. The first-order valence-corrected chi connectivity index (χ1v) is 15.3. The van der Waals surface area contributed by atoms with E-state index < -0.39 is 27.0 Å². The monoisotopic (exact) mass is 642 g/mol. The molecule has 0 spiro atoms. The Morgan fingerprint density at radius 2 is 1.02 bits per heavy atom. The highest BCUT2D eigenvalue weighted by molar-refractivity contribution is 8.19. The SMILES string of the molecule is COc1cc(N=Nc2cccc(S(O)(O)O)c2)ccc1NC(=O)Nc1ccc(N=Nc2cccc(S(=O)(=O)O)c2)cc1OC. The van der Waals surface area contributed by atoms with Crippen LogP contribution in [0.5, 0.6) is 11.5 Å². The Balaban J connectivity index is 1.44. The Kier molecular flexibility index (Phi) is 9.89. The van der Waals surface area contributed by atoms with E-state index in [0.717, 1.165) is 6.07 Å². The fraction of sp³-hybridized carbons (Fsp3) is 0.0741. The van der Waals surface area contributed by atoms with Gasteiger partial charge in [0.15, 0.2) is 0 Å². The normalized spacial score (nSPS) is 12.3. The maximum absolute atomic E-state index is 12.8. The van der Waals surface area contributed by atoms with Crippen molar-refractivity contribution in [1.82, 2.24) is 0 Å². The molecule has 6 N–H and O–H groups in total. The third-order valence-electron chi connectivity index (χ3n) is 5.68. The van der Waals surface area contributed by atoms with E-state index in [2.05, 4.69) is 31.1 Å². The lowest BCUT2D eigenvalue weighted by Gasteiger charge is -2.18. The molecular weight excluding hydrogens is 616 g/mol. The second-order valence-electron chi connectivity index (χ2n) is 8.74. The first-order chi connectivity index (χ1) is 20.9. The van der Waals surface area contributed by atoms with E-state index >= 15 is 0 Å². The van der Waals surface area contributed by atoms with Crippen LogP contribution in [0.2, 0.25) is 0 Å². The minimum absolute atomic E-state index is 0.100. The lowest BCUT2D eigenvalue weighted by Crippen LogP contribution is -2.20. The number of benzene rings is 4. The van der Waals surface area contributed by atoms with Crippen molar-refractivity contribution < 1.29 is 40.9 Å². The van der Waals surface area contributed by atoms with Gasteiger partial charge in [-0.3, -0.25) is 4.55 Å². The van der Waals surface area contributed by atoms with Crippen LogP contribution < -0.4 is 20.1 Å². The topological polar surface area (TPSA) is 224 Å². The van der Waals surface area contributed by atoms with Crippen molar-refractivity contribution in [3.05, 3.63) is 84.9 Å². The smallest absolute Gasteiger partial charge is 0.323 e. The first-order valence-electron chi connectivity index (χ1n) is 12.3. The molecule has 0 aliphatic carbocycles. The molecule has 0 aliphatic heterocycles. The molecule has 0 saturated carbocycles. The number of nitrogens with zero attached hydrogens (tertiary/aromatic N) is 4. The Morgan fingerprint density at radius 1 is 0.614 bits per heavy atom. The molecule has 15 nitrogen and oxygen atoms in total. The Labute approximate surface area is 253 Å². The summed E-state index contributed by atoms with van der Waals surface area (Å²) in [5.74, 6) is 0.535. The average Bonchev–Trinajstić information content (AvgIpc) is 2.99. The highest BCUT2D eigenvalue weighted by Gasteiger charge is 2.16. The van der Waals surface area contributed by atoms with Gasteiger partial charge >= 0.3 is 6.03 Å². The van der Waals surface area contributed by atoms with Gasteiger partial charge in [-0.15, -0.1) is 0 Å². The lowest BCUT2D eigenvalue weighted by molar-refractivity contribution is 0.262. The van der Waals surface area contributed by atoms with Crippen LogP contribution in [0.3, 0.4) is 0 Å². The summed E-state index contributed by atoms with van der Waals surface area (Å²) in [5, 5.41) is 21.5. The molecule has 0 aliphatic rings. The van der Waals surface area contributed by atoms with Gasteiger partial charge in [-0.25, -0.2) is 4.79 Å². The van der Waals surface area contributed by atoms with Crippen LogP contribution >= 0.6 is 10.9 Å². The Bertz CT molecular complexity index is 1840. The van der Waals surface area contributed by atoms with E-state index in [-0.39, 0.29) is 32.7 Å². The van der Waals surface area contributed by atoms with E-state index in [0.29, 0.717) is 22.7 Å². The summed E-state index contributed by atoms with van der Waals surface area (Å²) in [6, 6.07) is 19.6. The fourth-order valence-electron chi connectivity index (χ4n) is 3.62. The molecule has 4 aromatic carbocycles. The van der Waals surface area contributed by atoms with Crippen LogP contribution in [0.15, 0.2) is 115 Å². The number of azo groups is 2. The summed E-state index contributed by atoms with van der Waals surface area (Å²) in [6.07, 6.45) is 0. The molecule has 0 bridgehead atoms. The molecule has 4 rings (SSSR count). The predicted octanol–water partition coefficient (Wildman–Crippen LogP) is 8.01. The molecule has 44 heavy (non-hydrogen) atoms. The van der Waals surface area contributed by atoms with Crippen LogP contribution in [0, 0.1) is 0 Å². The van der Waals surface area contributed by atoms with Gasteiger partial charge in [0.2, 0.25) is 0 Å². The molecule has 0 saturated heterocycles. The zero-order valence-electron chi connectivity index (χ0n) is 23.0. The second kappa shape index (κ2) is 13.6. The molecule has 0 atom stereocenters. The van der Waals surface area contributed by atoms with E-state index in [1.54, 1.807) is 24.3 Å². The molecular formula is C27H26N6O9S2. The summed E-state index contributed by atoms with van der Waals surface area (Å²) in [5.41, 5.74) is 1.79. The average molecular weight is 643 g/mol. The zero-order valence-corrected chi connectivity index (χ0v) is 24.7. The lowest BCUT2D eigenvalue weighted by atomic mass is 10.2. The maximum Gasteiger partial charge on any atom is 0.323 e. The standard InChI is InChI=1S/C27H26N6O9S2/c1-41-25-15-19(32-30-17-5-3-7-21(13-17)43(35,36)37)9-11-23(25)28-27(34)29-24-12-10-20(16-26(24)42-2)33-31-18-6-4-8-22(14-18)44(38,39)40/h3-16,35-37H,1-2H3,(H2,28,29,34)(H,38,39,40). The number of hydrogen-bond acceptors (Lipinski definition) is 12. The highest BCUT2D eigenvalue weighted by Crippen LogP contribution is 2.44. The molecule has 0 fully saturated rings. The van der Waals surface area contributed by atoms with Gasteiger partial charge in [0.05, 0.1) is 58.1 Å². The number of carbonyl (C=O) groups is 1. The second-order valence-corrected chi connectivity index (χ2v) is 11.7. The van der Waals surface area contributed by atoms with E-state index in [1.165, 1.54) is 68.8 Å². The highest BCUT2D eigenvalue weighted by atomic mass is 32.3. The van der Waals surface area contributed by atoms with Gasteiger partial charge < -0.3 is 33.8 Å². The van der Waals surface area contributed by atoms with Crippen LogP contribution in [0.25, 0.3) is 0 Å². The van der Waals surface area contributed by atoms with Crippen molar-refractivity contribution in [1.29, 1.82) is 0 Å². The molecule has 0 radical (unpaired) electrons. The number of anilines is 2. The van der Waals surface area contributed by atoms with Crippen LogP contribution in [-0.2, 0) is 10.1 Å². The van der Waals surface area contributed by atoms with Gasteiger partial charge in [-0.05, 0) is 60.7 Å². The number of amides is 2. The van der Waals surface area contributed by atoms with Gasteiger partial charge in [0.25, 0.3) is 10.1 Å². The molecule has 4 aromatic rings. The molecule has 0 heterocycles. The van der Waals surface area contributed by atoms with E-state index in [4.69, 9.17) is 9.47 Å². The molecule has 2 amide bonds. The third-order valence-corrected chi connectivity index (χ3v) is 7.41. The predicted molar refractivity (Wildman–Crippen MR) is 163 cm³/mol. The number of hydrogen-bond donors (Lipinski definition) is 6. The minimum atomic E-state index is -4.39. The van der Waals surface area contributed by atoms with Crippen LogP contribution in [-0.4, -0.2) is 46.9 Å². The fourth-order valence-corrected chi connectivity index (χ4v) is 4.68. The quantitative estimate of drug-likeness (QED) is 0.0726. The summed E-state index contributed by atoms with van der Waals surface area (Å²) in [7, 11) is -5.48. The summed E-state index contributed by atoms with van der Waals surface area (Å²) < 4.78 is 70.9. The number of nitrogens with one attached hydrogen (secondary N) is 2. The maximum atomic E-state index is 12.8. The van der Waals surface area contributed by atoms with E-state index in [1.807, 2.05) is 0 Å². The third kappa shape index (κ3) is 8.57. The number of ether oxygens (including phenoxy) is 2.